The molecule has 3 saturated heterocycles. The zero-order valence-electron chi connectivity index (χ0n) is 29.0. The van der Waals surface area contributed by atoms with Crippen molar-refractivity contribution in [1.29, 1.82) is 0 Å². The fourth-order valence-electron chi connectivity index (χ4n) is 6.22. The number of nitrogens with two attached hydrogens (primary N) is 1. The predicted molar refractivity (Wildman–Crippen MR) is 183 cm³/mol. The highest BCUT2D eigenvalue weighted by molar-refractivity contribution is 7.61. The summed E-state index contributed by atoms with van der Waals surface area (Å²) in [7, 11) is -15.8. The number of aromatic amines is 1. The van der Waals surface area contributed by atoms with Crippen LogP contribution in [0.4, 0.5) is 11.8 Å². The van der Waals surface area contributed by atoms with Crippen molar-refractivity contribution >= 4 is 57.6 Å². The van der Waals surface area contributed by atoms with Gasteiger partial charge in [-0.05, 0) is 0 Å². The molecular formula is C25H35N10O20P3. The standard InChI is InChI=1S/C25H35N10O20P3/c26-19-13-20(28-5-27-19)35(7-29-13)24-18(40)16(38)11(54-24)4-51-58(47,48)55-57(45,46)50-3-10-15(37)17(39)23(53-10)33-25-31-21-14(22(41)32-25)30-6-34(21)12-1-8(36)9(52-12)2-49-56(42,43)44/h5-12,15-18,23-24,36-40H,1-4H2,(H,45,46)(H,47,48)(H2,26,27,28)(H2,42,43,44)(H2,31,32,33,41)/t8-,9+,10+,11+,12+,15+,16+,17+,18+,23?,24+/m0/s1. The first-order chi connectivity index (χ1) is 27.2. The molecule has 3 aliphatic rings. The average Bonchev–Trinajstić information content (AvgIpc) is 3.95. The molecule has 58 heavy (non-hydrogen) atoms. The number of hydrogen-bond acceptors (Lipinski definition) is 23. The number of anilines is 2. The molecule has 0 bridgehead atoms. The number of rotatable bonds is 15. The van der Waals surface area contributed by atoms with Crippen LogP contribution in [0.3, 0.4) is 0 Å². The van der Waals surface area contributed by atoms with E-state index in [1.807, 2.05) is 0 Å². The molecule has 0 radical (unpaired) electrons. The Hall–Kier alpha value is -3.45. The van der Waals surface area contributed by atoms with E-state index in [0.29, 0.717) is 0 Å². The number of imidazole rings is 2. The molecule has 7 heterocycles. The lowest BCUT2D eigenvalue weighted by Crippen LogP contribution is -2.37. The summed E-state index contributed by atoms with van der Waals surface area (Å²) < 4.78 is 73.6. The second-order valence-electron chi connectivity index (χ2n) is 12.9. The number of aliphatic hydroxyl groups is 5. The molecule has 0 saturated carbocycles. The Bertz CT molecular complexity index is 2340. The summed E-state index contributed by atoms with van der Waals surface area (Å²) in [5, 5.41) is 55.1. The Labute approximate surface area is 321 Å². The molecular weight excluding hydrogens is 853 g/mol. The van der Waals surface area contributed by atoms with Crippen molar-refractivity contribution < 1.29 is 90.9 Å². The van der Waals surface area contributed by atoms with E-state index in [4.69, 9.17) is 38.8 Å². The molecule has 7 rings (SSSR count). The van der Waals surface area contributed by atoms with E-state index in [1.165, 1.54) is 15.5 Å². The lowest BCUT2D eigenvalue weighted by atomic mass is 10.1. The number of aliphatic hydroxyl groups excluding tert-OH is 5. The van der Waals surface area contributed by atoms with Gasteiger partial charge in [-0.1, -0.05) is 0 Å². The van der Waals surface area contributed by atoms with E-state index in [2.05, 4.69) is 44.1 Å². The summed E-state index contributed by atoms with van der Waals surface area (Å²) in [5.41, 5.74) is 4.96. The van der Waals surface area contributed by atoms with Crippen LogP contribution in [0.2, 0.25) is 0 Å². The number of H-pyrrole nitrogens is 1. The third-order valence-electron chi connectivity index (χ3n) is 9.00. The second-order valence-corrected chi connectivity index (χ2v) is 17.2. The van der Waals surface area contributed by atoms with Crippen molar-refractivity contribution in [2.45, 2.75) is 73.9 Å². The lowest BCUT2D eigenvalue weighted by Gasteiger charge is -2.20. The summed E-state index contributed by atoms with van der Waals surface area (Å²) in [6.45, 7) is -2.64. The minimum absolute atomic E-state index is 0.0226. The van der Waals surface area contributed by atoms with Crippen LogP contribution in [0.15, 0.2) is 23.8 Å². The van der Waals surface area contributed by atoms with E-state index < -0.39 is 116 Å². The van der Waals surface area contributed by atoms with Crippen LogP contribution in [-0.4, -0.2) is 159 Å². The van der Waals surface area contributed by atoms with Crippen LogP contribution < -0.4 is 16.6 Å². The minimum Gasteiger partial charge on any atom is -0.390 e. The number of nitrogens with one attached hydrogen (secondary N) is 2. The number of nitrogens with zero attached hydrogens (tertiary/aromatic N) is 7. The van der Waals surface area contributed by atoms with Gasteiger partial charge in [-0.2, -0.15) is 9.29 Å². The van der Waals surface area contributed by atoms with Crippen LogP contribution in [-0.2, 0) is 45.8 Å². The molecule has 3 aliphatic heterocycles. The Morgan fingerprint density at radius 1 is 0.776 bits per heavy atom. The van der Waals surface area contributed by atoms with Gasteiger partial charge in [-0.15, -0.1) is 0 Å². The highest BCUT2D eigenvalue weighted by Gasteiger charge is 2.48. The number of nitrogen functional groups attached to an aromatic ring is 1. The predicted octanol–water partition coefficient (Wildman–Crippen LogP) is -3.97. The van der Waals surface area contributed by atoms with E-state index in [0.717, 1.165) is 12.7 Å². The molecule has 4 aromatic rings. The summed E-state index contributed by atoms with van der Waals surface area (Å²) >= 11 is 0. The number of aromatic nitrogens is 8. The van der Waals surface area contributed by atoms with Gasteiger partial charge in [0.1, 0.15) is 60.8 Å². The normalized spacial score (nSPS) is 32.5. The third-order valence-corrected chi connectivity index (χ3v) is 12.1. The molecule has 0 aliphatic carbocycles. The van der Waals surface area contributed by atoms with Gasteiger partial charge in [-0.3, -0.25) is 32.5 Å². The van der Waals surface area contributed by atoms with E-state index in [1.54, 1.807) is 0 Å². The summed E-state index contributed by atoms with van der Waals surface area (Å²) in [4.78, 5) is 73.4. The number of hydrogen-bond donors (Lipinski definition) is 12. The second kappa shape index (κ2) is 16.2. The highest BCUT2D eigenvalue weighted by Crippen LogP contribution is 2.60. The van der Waals surface area contributed by atoms with Crippen LogP contribution in [0, 0.1) is 0 Å². The zero-order valence-corrected chi connectivity index (χ0v) is 31.7. The molecule has 3 unspecified atom stereocenters. The SMILES string of the molecule is Nc1ncnc2c1ncn2[C@@H]1O[C@H](COP(=O)(O)OP(=O)(O)OC[C@H]2OC(Nc3nc4c(ncn4[C@H]4C[C@H](O)[C@@H](COP(=O)(O)O)O4)c(=O)[nH]3)[C@H](O)[C@@H]2O)[C@@H](O)[C@H]1O. The Balaban J connectivity index is 0.930. The number of phosphoric acid groups is 3. The maximum atomic E-state index is 12.8. The van der Waals surface area contributed by atoms with Crippen molar-refractivity contribution in [3.05, 3.63) is 29.3 Å². The summed E-state index contributed by atoms with van der Waals surface area (Å²) in [5.74, 6) is -0.326. The van der Waals surface area contributed by atoms with Gasteiger partial charge in [0.15, 0.2) is 35.1 Å². The Kier molecular flexibility index (Phi) is 11.9. The smallest absolute Gasteiger partial charge is 0.390 e. The van der Waals surface area contributed by atoms with Crippen LogP contribution >= 0.6 is 23.5 Å². The van der Waals surface area contributed by atoms with Gasteiger partial charge in [0.05, 0.1) is 38.6 Å². The highest BCUT2D eigenvalue weighted by atomic mass is 31.3. The number of phosphoric ester groups is 3. The zero-order chi connectivity index (χ0) is 41.9. The monoisotopic (exact) mass is 888 g/mol. The molecule has 30 nitrogen and oxygen atoms in total. The molecule has 0 amide bonds. The first-order valence-electron chi connectivity index (χ1n) is 16.6. The van der Waals surface area contributed by atoms with Crippen molar-refractivity contribution in [2.24, 2.45) is 0 Å². The summed E-state index contributed by atoms with van der Waals surface area (Å²) in [6.07, 6.45) is -13.0. The quantitative estimate of drug-likeness (QED) is 0.0506. The largest absolute Gasteiger partial charge is 0.481 e. The van der Waals surface area contributed by atoms with Crippen LogP contribution in [0.1, 0.15) is 18.9 Å². The molecule has 33 heteroatoms. The van der Waals surface area contributed by atoms with E-state index >= 15 is 0 Å². The van der Waals surface area contributed by atoms with Gasteiger partial charge in [0.25, 0.3) is 5.56 Å². The number of fused-ring (bicyclic) bond motifs is 2. The van der Waals surface area contributed by atoms with Gasteiger partial charge in [0.2, 0.25) is 5.95 Å². The average molecular weight is 889 g/mol. The van der Waals surface area contributed by atoms with E-state index in [9.17, 15) is 53.8 Å². The van der Waals surface area contributed by atoms with Gasteiger partial charge >= 0.3 is 23.5 Å². The minimum atomic E-state index is -5.50. The van der Waals surface area contributed by atoms with Crippen molar-refractivity contribution in [1.82, 2.24) is 39.0 Å². The van der Waals surface area contributed by atoms with Gasteiger partial charge in [-0.25, -0.2) is 33.6 Å². The van der Waals surface area contributed by atoms with Crippen LogP contribution in [0.25, 0.3) is 22.3 Å². The van der Waals surface area contributed by atoms with Gasteiger partial charge in [0, 0.05) is 6.42 Å². The van der Waals surface area contributed by atoms with Crippen molar-refractivity contribution in [3.8, 4) is 0 Å². The fraction of sp³-hybridized carbons (Fsp3) is 0.600. The Morgan fingerprint density at radius 2 is 1.40 bits per heavy atom. The molecule has 4 aromatic heterocycles. The van der Waals surface area contributed by atoms with Gasteiger partial charge < -0.3 is 70.4 Å². The van der Waals surface area contributed by atoms with Crippen molar-refractivity contribution in [3.63, 3.8) is 0 Å². The molecule has 13 atom stereocenters. The van der Waals surface area contributed by atoms with Crippen molar-refractivity contribution in [2.75, 3.05) is 30.9 Å². The van der Waals surface area contributed by atoms with E-state index in [-0.39, 0.29) is 40.5 Å². The molecule has 3 fully saturated rings. The first kappa shape index (κ1) is 42.7. The maximum absolute atomic E-state index is 12.8. The van der Waals surface area contributed by atoms with Crippen LogP contribution in [0.5, 0.6) is 0 Å². The lowest BCUT2D eigenvalue weighted by molar-refractivity contribution is -0.0506. The third kappa shape index (κ3) is 9.00. The molecule has 0 spiro atoms. The first-order valence-corrected chi connectivity index (χ1v) is 21.1. The molecule has 320 valence electrons. The molecule has 13 N–H and O–H groups in total. The maximum Gasteiger partial charge on any atom is 0.481 e. The topological polar surface area (TPSA) is 443 Å². The Morgan fingerprint density at radius 3 is 2.09 bits per heavy atom. The number of ether oxygens (including phenoxy) is 3. The fourth-order valence-corrected chi connectivity index (χ4v) is 8.65. The molecule has 0 aromatic carbocycles. The summed E-state index contributed by atoms with van der Waals surface area (Å²) in [6, 6.07) is 0.